The van der Waals surface area contributed by atoms with E-state index in [9.17, 15) is 13.6 Å². The van der Waals surface area contributed by atoms with Gasteiger partial charge >= 0.3 is 5.97 Å². The molecule has 3 aromatic rings. The summed E-state index contributed by atoms with van der Waals surface area (Å²) < 4.78 is 43.3. The highest BCUT2D eigenvalue weighted by Crippen LogP contribution is 2.35. The fourth-order valence-electron chi connectivity index (χ4n) is 3.62. The van der Waals surface area contributed by atoms with Crippen molar-refractivity contribution < 1.29 is 32.9 Å². The lowest BCUT2D eigenvalue weighted by molar-refractivity contribution is -0.220. The van der Waals surface area contributed by atoms with Crippen LogP contribution in [0, 0.1) is 0 Å². The number of carboxylic acids is 1. The van der Waals surface area contributed by atoms with Crippen molar-refractivity contribution in [2.75, 3.05) is 19.8 Å². The van der Waals surface area contributed by atoms with Crippen LogP contribution < -0.4 is 4.74 Å². The third-order valence-corrected chi connectivity index (χ3v) is 5.36. The maximum Gasteiger partial charge on any atom is 0.329 e. The quantitative estimate of drug-likeness (QED) is 0.496. The van der Waals surface area contributed by atoms with Crippen molar-refractivity contribution in [3.8, 4) is 16.9 Å². The molecule has 0 aromatic heterocycles. The summed E-state index contributed by atoms with van der Waals surface area (Å²) in [4.78, 5) is 10.8. The Balaban J connectivity index is 1.44. The Morgan fingerprint density at radius 3 is 2.44 bits per heavy atom. The molecule has 1 aliphatic heterocycles. The molecule has 0 spiro atoms. The largest absolute Gasteiger partial charge is 0.489 e. The fourth-order valence-corrected chi connectivity index (χ4v) is 3.62. The van der Waals surface area contributed by atoms with E-state index in [0.717, 1.165) is 11.1 Å². The van der Waals surface area contributed by atoms with Gasteiger partial charge in [0.25, 0.3) is 6.43 Å². The number of carbonyl (C=O) groups is 1. The average molecular weight is 440 g/mol. The number of halogens is 2. The first-order valence-electron chi connectivity index (χ1n) is 10.1. The van der Waals surface area contributed by atoms with Crippen molar-refractivity contribution in [2.45, 2.75) is 18.6 Å². The predicted molar refractivity (Wildman–Crippen MR) is 114 cm³/mol. The Kier molecular flexibility index (Phi) is 6.48. The smallest absolute Gasteiger partial charge is 0.329 e. The van der Waals surface area contributed by atoms with E-state index >= 15 is 0 Å². The van der Waals surface area contributed by atoms with E-state index in [1.54, 1.807) is 36.4 Å². The van der Waals surface area contributed by atoms with Gasteiger partial charge in [0.1, 0.15) is 24.6 Å². The standard InChI is InChI=1S/C25H22F2O5/c26-24(27)22-7-2-1-6-21(22)18-5-3-4-17(12-18)13-31-20-10-8-19(9-11-20)25(15-30-16-25)32-14-23(28)29/h1-12,24H,13-16H2,(H,28,29). The molecule has 0 bridgehead atoms. The van der Waals surface area contributed by atoms with Crippen LogP contribution in [-0.4, -0.2) is 30.9 Å². The fraction of sp³-hybridized carbons (Fsp3) is 0.240. The van der Waals surface area contributed by atoms with E-state index in [1.165, 1.54) is 6.07 Å². The van der Waals surface area contributed by atoms with Crippen molar-refractivity contribution in [2.24, 2.45) is 0 Å². The number of ether oxygens (including phenoxy) is 3. The van der Waals surface area contributed by atoms with Crippen LogP contribution in [0.4, 0.5) is 8.78 Å². The highest BCUT2D eigenvalue weighted by molar-refractivity contribution is 5.68. The molecule has 0 unspecified atom stereocenters. The van der Waals surface area contributed by atoms with Crippen molar-refractivity contribution in [3.05, 3.63) is 89.5 Å². The summed E-state index contributed by atoms with van der Waals surface area (Å²) in [6, 6.07) is 21.0. The minimum atomic E-state index is -2.55. The van der Waals surface area contributed by atoms with Crippen LogP contribution in [-0.2, 0) is 26.5 Å². The first kappa shape index (κ1) is 21.9. The Hall–Kier alpha value is -3.29. The molecule has 32 heavy (non-hydrogen) atoms. The number of benzene rings is 3. The zero-order valence-corrected chi connectivity index (χ0v) is 17.2. The molecule has 166 valence electrons. The number of aliphatic carboxylic acids is 1. The molecule has 0 saturated carbocycles. The number of hydrogen-bond donors (Lipinski definition) is 1. The van der Waals surface area contributed by atoms with Gasteiger partial charge in [0.2, 0.25) is 0 Å². The Morgan fingerprint density at radius 1 is 1.03 bits per heavy atom. The molecule has 0 radical (unpaired) electrons. The second-order valence-electron chi connectivity index (χ2n) is 7.57. The number of carboxylic acid groups (broad SMARTS) is 1. The first-order chi connectivity index (χ1) is 15.5. The summed E-state index contributed by atoms with van der Waals surface area (Å²) in [5.41, 5.74) is 2.14. The highest BCUT2D eigenvalue weighted by atomic mass is 19.3. The minimum Gasteiger partial charge on any atom is -0.489 e. The lowest BCUT2D eigenvalue weighted by Crippen LogP contribution is -2.49. The molecule has 3 aromatic carbocycles. The maximum atomic E-state index is 13.3. The van der Waals surface area contributed by atoms with Crippen LogP contribution in [0.2, 0.25) is 0 Å². The molecule has 1 aliphatic rings. The summed E-state index contributed by atoms with van der Waals surface area (Å²) in [6.45, 7) is 0.473. The molecular formula is C25H22F2O5. The topological polar surface area (TPSA) is 65.0 Å². The van der Waals surface area contributed by atoms with Gasteiger partial charge in [-0.1, -0.05) is 54.6 Å². The molecule has 1 saturated heterocycles. The van der Waals surface area contributed by atoms with Crippen molar-refractivity contribution in [3.63, 3.8) is 0 Å². The molecule has 0 aliphatic carbocycles. The van der Waals surface area contributed by atoms with Gasteiger partial charge in [-0.05, 0) is 40.5 Å². The third-order valence-electron chi connectivity index (χ3n) is 5.36. The molecule has 0 atom stereocenters. The molecule has 4 rings (SSSR count). The minimum absolute atomic E-state index is 0.000164. The number of hydrogen-bond acceptors (Lipinski definition) is 4. The lowest BCUT2D eigenvalue weighted by atomic mass is 9.91. The van der Waals surface area contributed by atoms with Gasteiger partial charge in [0, 0.05) is 5.56 Å². The van der Waals surface area contributed by atoms with E-state index in [1.807, 2.05) is 30.3 Å². The van der Waals surface area contributed by atoms with Crippen LogP contribution in [0.3, 0.4) is 0 Å². The predicted octanol–water partition coefficient (Wildman–Crippen LogP) is 5.20. The zero-order valence-electron chi connectivity index (χ0n) is 17.2. The summed E-state index contributed by atoms with van der Waals surface area (Å²) in [5.74, 6) is -0.407. The van der Waals surface area contributed by atoms with Gasteiger partial charge in [0.05, 0.1) is 13.2 Å². The number of alkyl halides is 2. The van der Waals surface area contributed by atoms with Gasteiger partial charge in [-0.15, -0.1) is 0 Å². The Labute approximate surface area is 184 Å². The van der Waals surface area contributed by atoms with Gasteiger partial charge in [-0.2, -0.15) is 0 Å². The second-order valence-corrected chi connectivity index (χ2v) is 7.57. The first-order valence-corrected chi connectivity index (χ1v) is 10.1. The van der Waals surface area contributed by atoms with Crippen LogP contribution in [0.15, 0.2) is 72.8 Å². The molecular weight excluding hydrogens is 418 g/mol. The highest BCUT2D eigenvalue weighted by Gasteiger charge is 2.42. The summed E-state index contributed by atoms with van der Waals surface area (Å²) in [7, 11) is 0. The zero-order chi connectivity index (χ0) is 22.6. The third kappa shape index (κ3) is 4.79. The van der Waals surface area contributed by atoms with Crippen LogP contribution in [0.1, 0.15) is 23.1 Å². The van der Waals surface area contributed by atoms with Crippen molar-refractivity contribution >= 4 is 5.97 Å². The summed E-state index contributed by atoms with van der Waals surface area (Å²) in [5, 5.41) is 8.88. The average Bonchev–Trinajstić information content (AvgIpc) is 2.78. The van der Waals surface area contributed by atoms with Gasteiger partial charge in [0.15, 0.2) is 0 Å². The van der Waals surface area contributed by atoms with Crippen molar-refractivity contribution in [1.29, 1.82) is 0 Å². The van der Waals surface area contributed by atoms with E-state index in [4.69, 9.17) is 19.3 Å². The lowest BCUT2D eigenvalue weighted by Gasteiger charge is -2.41. The monoisotopic (exact) mass is 440 g/mol. The molecule has 1 fully saturated rings. The number of rotatable bonds is 9. The van der Waals surface area contributed by atoms with E-state index < -0.39 is 24.6 Å². The van der Waals surface area contributed by atoms with Crippen LogP contribution >= 0.6 is 0 Å². The maximum absolute atomic E-state index is 13.3. The molecule has 7 heteroatoms. The molecule has 0 amide bonds. The van der Waals surface area contributed by atoms with E-state index in [0.29, 0.717) is 30.1 Å². The van der Waals surface area contributed by atoms with Crippen molar-refractivity contribution in [1.82, 2.24) is 0 Å². The second kappa shape index (κ2) is 9.46. The van der Waals surface area contributed by atoms with Gasteiger partial charge < -0.3 is 19.3 Å². The van der Waals surface area contributed by atoms with E-state index in [-0.39, 0.29) is 12.2 Å². The van der Waals surface area contributed by atoms with Gasteiger partial charge in [-0.25, -0.2) is 13.6 Å². The summed E-state index contributed by atoms with van der Waals surface area (Å²) >= 11 is 0. The van der Waals surface area contributed by atoms with Crippen LogP contribution in [0.5, 0.6) is 5.75 Å². The normalized spacial score (nSPS) is 14.7. The Morgan fingerprint density at radius 2 is 1.78 bits per heavy atom. The molecule has 1 N–H and O–H groups in total. The van der Waals surface area contributed by atoms with E-state index in [2.05, 4.69) is 0 Å². The Bertz CT molecular complexity index is 1080. The molecule has 1 heterocycles. The SMILES string of the molecule is O=C(O)COC1(c2ccc(OCc3cccc(-c4ccccc4C(F)F)c3)cc2)COC1. The summed E-state index contributed by atoms with van der Waals surface area (Å²) in [6.07, 6.45) is -2.55. The van der Waals surface area contributed by atoms with Gasteiger partial charge in [-0.3, -0.25) is 0 Å². The molecule has 5 nitrogen and oxygen atoms in total. The van der Waals surface area contributed by atoms with Crippen LogP contribution in [0.25, 0.3) is 11.1 Å².